The van der Waals surface area contributed by atoms with Crippen LogP contribution in [-0.2, 0) is 0 Å². The first kappa shape index (κ1) is 15.2. The molecule has 4 N–H and O–H groups in total. The molecular formula is C12H12N6O4. The maximum Gasteiger partial charge on any atom is 0.295 e. The van der Waals surface area contributed by atoms with E-state index in [2.05, 4.69) is 11.0 Å². The van der Waals surface area contributed by atoms with Crippen molar-refractivity contribution in [2.45, 2.75) is 0 Å². The van der Waals surface area contributed by atoms with Crippen molar-refractivity contribution in [3.63, 3.8) is 0 Å². The predicted molar refractivity (Wildman–Crippen MR) is 79.6 cm³/mol. The lowest BCUT2D eigenvalue weighted by molar-refractivity contribution is -0.384. The Morgan fingerprint density at radius 2 is 1.59 bits per heavy atom. The molecule has 0 heterocycles. The lowest BCUT2D eigenvalue weighted by Gasteiger charge is -2.20. The minimum atomic E-state index is -0.553. The number of rotatable bonds is 6. The van der Waals surface area contributed by atoms with Crippen molar-refractivity contribution in [2.75, 3.05) is 10.5 Å². The first-order valence-corrected chi connectivity index (χ1v) is 6.03. The van der Waals surface area contributed by atoms with Gasteiger partial charge in [-0.25, -0.2) is 11.0 Å². The van der Waals surface area contributed by atoms with E-state index in [9.17, 15) is 20.2 Å². The third-order valence-corrected chi connectivity index (χ3v) is 2.74. The molecule has 0 aliphatic rings. The van der Waals surface area contributed by atoms with E-state index >= 15 is 0 Å². The lowest BCUT2D eigenvalue weighted by Crippen LogP contribution is -2.47. The van der Waals surface area contributed by atoms with E-state index in [4.69, 9.17) is 5.84 Å². The molecule has 0 aromatic heterocycles. The number of para-hydroxylation sites is 2. The highest BCUT2D eigenvalue weighted by Crippen LogP contribution is 2.24. The number of nitro benzene ring substituents is 2. The van der Waals surface area contributed by atoms with Crippen LogP contribution in [0.15, 0.2) is 48.5 Å². The number of anilines is 2. The smallest absolute Gasteiger partial charge is 0.295 e. The summed E-state index contributed by atoms with van der Waals surface area (Å²) >= 11 is 0. The van der Waals surface area contributed by atoms with Crippen LogP contribution in [0.4, 0.5) is 22.7 Å². The Morgan fingerprint density at radius 3 is 2.18 bits per heavy atom. The highest BCUT2D eigenvalue weighted by molar-refractivity contribution is 5.61. The zero-order valence-corrected chi connectivity index (χ0v) is 11.2. The van der Waals surface area contributed by atoms with Crippen molar-refractivity contribution >= 4 is 22.7 Å². The fourth-order valence-electron chi connectivity index (χ4n) is 1.67. The summed E-state index contributed by atoms with van der Waals surface area (Å²) in [5.74, 6) is 5.71. The van der Waals surface area contributed by atoms with Gasteiger partial charge in [0.25, 0.3) is 11.4 Å². The molecule has 114 valence electrons. The summed E-state index contributed by atoms with van der Waals surface area (Å²) in [5.41, 5.74) is 5.67. The Kier molecular flexibility index (Phi) is 4.46. The molecule has 0 aliphatic carbocycles. The van der Waals surface area contributed by atoms with Gasteiger partial charge in [-0.2, -0.15) is 0 Å². The van der Waals surface area contributed by atoms with Gasteiger partial charge in [0.1, 0.15) is 5.69 Å². The third-order valence-electron chi connectivity index (χ3n) is 2.74. The monoisotopic (exact) mass is 304 g/mol. The van der Waals surface area contributed by atoms with Crippen molar-refractivity contribution in [2.24, 2.45) is 5.84 Å². The molecule has 0 aliphatic heterocycles. The average molecular weight is 304 g/mol. The summed E-state index contributed by atoms with van der Waals surface area (Å²) in [4.78, 5) is 20.4. The number of benzene rings is 2. The van der Waals surface area contributed by atoms with E-state index in [-0.39, 0.29) is 17.1 Å². The van der Waals surface area contributed by atoms with Crippen LogP contribution in [0.25, 0.3) is 0 Å². The van der Waals surface area contributed by atoms with Crippen LogP contribution in [0.3, 0.4) is 0 Å². The molecule has 0 radical (unpaired) electrons. The first-order chi connectivity index (χ1) is 10.5. The van der Waals surface area contributed by atoms with Crippen LogP contribution in [-0.4, -0.2) is 9.85 Å². The van der Waals surface area contributed by atoms with E-state index in [0.29, 0.717) is 5.69 Å². The van der Waals surface area contributed by atoms with E-state index in [0.717, 1.165) is 5.12 Å². The van der Waals surface area contributed by atoms with Crippen molar-refractivity contribution < 1.29 is 9.85 Å². The van der Waals surface area contributed by atoms with Crippen molar-refractivity contribution in [3.8, 4) is 0 Å². The molecule has 10 nitrogen and oxygen atoms in total. The van der Waals surface area contributed by atoms with Crippen LogP contribution < -0.4 is 21.9 Å². The number of nitro groups is 2. The SMILES string of the molecule is NN(NNc1ccc([N+](=O)[O-])cc1)c1ccccc1[N+](=O)[O-]. The molecule has 10 heteroatoms. The molecular weight excluding hydrogens is 292 g/mol. The molecule has 0 bridgehead atoms. The van der Waals surface area contributed by atoms with Crippen LogP contribution in [0.2, 0.25) is 0 Å². The zero-order chi connectivity index (χ0) is 16.1. The topological polar surface area (TPSA) is 140 Å². The maximum absolute atomic E-state index is 10.9. The minimum absolute atomic E-state index is 0.0474. The van der Waals surface area contributed by atoms with Gasteiger partial charge in [-0.15, -0.1) is 5.53 Å². The Hall–Kier alpha value is -3.24. The summed E-state index contributed by atoms with van der Waals surface area (Å²) in [6.45, 7) is 0. The summed E-state index contributed by atoms with van der Waals surface area (Å²) in [5, 5.41) is 22.4. The quantitative estimate of drug-likeness (QED) is 0.416. The summed E-state index contributed by atoms with van der Waals surface area (Å²) in [6.07, 6.45) is 0. The molecule has 2 aromatic rings. The van der Waals surface area contributed by atoms with Gasteiger partial charge in [0.05, 0.1) is 15.5 Å². The molecule has 0 amide bonds. The second-order valence-electron chi connectivity index (χ2n) is 4.16. The number of hydrazine groups is 3. The number of nitrogens with one attached hydrogen (secondary N) is 2. The number of nitrogens with two attached hydrogens (primary N) is 1. The summed E-state index contributed by atoms with van der Waals surface area (Å²) < 4.78 is 0. The van der Waals surface area contributed by atoms with Gasteiger partial charge < -0.3 is 5.43 Å². The highest BCUT2D eigenvalue weighted by Gasteiger charge is 2.16. The highest BCUT2D eigenvalue weighted by atomic mass is 16.6. The summed E-state index contributed by atoms with van der Waals surface area (Å²) in [7, 11) is 0. The molecule has 0 saturated heterocycles. The summed E-state index contributed by atoms with van der Waals surface area (Å²) in [6, 6.07) is 11.5. The van der Waals surface area contributed by atoms with E-state index in [1.165, 1.54) is 42.5 Å². The first-order valence-electron chi connectivity index (χ1n) is 6.03. The van der Waals surface area contributed by atoms with E-state index in [1.807, 2.05) is 0 Å². The van der Waals surface area contributed by atoms with Gasteiger partial charge in [0, 0.05) is 18.2 Å². The van der Waals surface area contributed by atoms with Crippen molar-refractivity contribution in [3.05, 3.63) is 68.8 Å². The Labute approximate surface area is 124 Å². The molecule has 2 rings (SSSR count). The molecule has 0 unspecified atom stereocenters. The van der Waals surface area contributed by atoms with Crippen molar-refractivity contribution in [1.82, 2.24) is 5.53 Å². The fraction of sp³-hybridized carbons (Fsp3) is 0. The number of nitrogens with zero attached hydrogens (tertiary/aromatic N) is 3. The molecule has 0 spiro atoms. The lowest BCUT2D eigenvalue weighted by atomic mass is 10.3. The largest absolute Gasteiger partial charge is 0.303 e. The van der Waals surface area contributed by atoms with Crippen LogP contribution in [0.5, 0.6) is 0 Å². The van der Waals surface area contributed by atoms with E-state index < -0.39 is 9.85 Å². The van der Waals surface area contributed by atoms with Gasteiger partial charge in [-0.1, -0.05) is 12.1 Å². The zero-order valence-electron chi connectivity index (χ0n) is 11.2. The van der Waals surface area contributed by atoms with Gasteiger partial charge >= 0.3 is 0 Å². The number of hydrogen-bond donors (Lipinski definition) is 3. The van der Waals surface area contributed by atoms with Gasteiger partial charge in [0.15, 0.2) is 0 Å². The van der Waals surface area contributed by atoms with Gasteiger partial charge in [-0.05, 0) is 18.2 Å². The predicted octanol–water partition coefficient (Wildman–Crippen LogP) is 1.71. The second kappa shape index (κ2) is 6.47. The molecule has 2 aromatic carbocycles. The minimum Gasteiger partial charge on any atom is -0.303 e. The molecule has 22 heavy (non-hydrogen) atoms. The average Bonchev–Trinajstić information content (AvgIpc) is 2.53. The van der Waals surface area contributed by atoms with Crippen LogP contribution in [0, 0.1) is 20.2 Å². The Morgan fingerprint density at radius 1 is 0.955 bits per heavy atom. The fourth-order valence-corrected chi connectivity index (χ4v) is 1.67. The standard InChI is InChI=1S/C12H12N6O4/c13-16(11-3-1-2-4-12(11)18(21)22)15-14-9-5-7-10(8-6-9)17(19)20/h1-8,14-15H,13H2. The van der Waals surface area contributed by atoms with Gasteiger partial charge in [-0.3, -0.25) is 20.2 Å². The second-order valence-corrected chi connectivity index (χ2v) is 4.16. The van der Waals surface area contributed by atoms with Crippen LogP contribution in [0.1, 0.15) is 0 Å². The van der Waals surface area contributed by atoms with E-state index in [1.54, 1.807) is 6.07 Å². The Balaban J connectivity index is 2.05. The molecule has 0 fully saturated rings. The normalized spacial score (nSPS) is 10.0. The van der Waals surface area contributed by atoms with Crippen molar-refractivity contribution in [1.29, 1.82) is 0 Å². The maximum atomic E-state index is 10.9. The number of hydrogen-bond acceptors (Lipinski definition) is 8. The third kappa shape index (κ3) is 3.45. The Bertz CT molecular complexity index is 690. The molecule has 0 atom stereocenters. The number of non-ortho nitro benzene ring substituents is 1. The van der Waals surface area contributed by atoms with Gasteiger partial charge in [0.2, 0.25) is 0 Å². The molecule has 0 saturated carbocycles. The van der Waals surface area contributed by atoms with Crippen LogP contribution >= 0.6 is 0 Å².